The summed E-state index contributed by atoms with van der Waals surface area (Å²) in [5.74, 6) is 0.592. The van der Waals surface area contributed by atoms with Crippen molar-refractivity contribution in [1.29, 1.82) is 0 Å². The molecule has 0 aliphatic rings. The predicted octanol–water partition coefficient (Wildman–Crippen LogP) is 1.91. The summed E-state index contributed by atoms with van der Waals surface area (Å²) in [6.45, 7) is 2.81. The Morgan fingerprint density at radius 2 is 1.94 bits per heavy atom. The highest BCUT2D eigenvalue weighted by atomic mass is 16.5. The predicted molar refractivity (Wildman–Crippen MR) is 66.0 cm³/mol. The summed E-state index contributed by atoms with van der Waals surface area (Å²) in [7, 11) is 3.03. The number of hydrogen-bond donors (Lipinski definition) is 1. The molecule has 0 spiro atoms. The van der Waals surface area contributed by atoms with E-state index in [1.54, 1.807) is 7.11 Å². The van der Waals surface area contributed by atoms with Crippen LogP contribution in [0, 0.1) is 0 Å². The number of rotatable bonds is 6. The smallest absolute Gasteiger partial charge is 0.307 e. The van der Waals surface area contributed by atoms with E-state index in [2.05, 4.69) is 10.1 Å². The van der Waals surface area contributed by atoms with Crippen LogP contribution in [-0.2, 0) is 9.53 Å². The van der Waals surface area contributed by atoms with Gasteiger partial charge in [0.05, 0.1) is 20.6 Å². The first-order chi connectivity index (χ1) is 8.21. The standard InChI is InChI=1S/C13H19NO3/c1-4-14-12(9-13(15)17-3)10-5-7-11(16-2)8-6-10/h5-8,12,14H,4,9H2,1-3H3. The van der Waals surface area contributed by atoms with Crippen molar-refractivity contribution in [2.45, 2.75) is 19.4 Å². The normalized spacial score (nSPS) is 11.9. The number of ether oxygens (including phenoxy) is 2. The van der Waals surface area contributed by atoms with Gasteiger partial charge in [0.25, 0.3) is 0 Å². The van der Waals surface area contributed by atoms with E-state index in [-0.39, 0.29) is 12.0 Å². The minimum atomic E-state index is -0.216. The Labute approximate surface area is 102 Å². The Kier molecular flexibility index (Phi) is 5.49. The molecule has 0 aromatic heterocycles. The number of nitrogens with one attached hydrogen (secondary N) is 1. The molecule has 1 aromatic rings. The molecular weight excluding hydrogens is 218 g/mol. The molecule has 4 heteroatoms. The first-order valence-corrected chi connectivity index (χ1v) is 5.65. The molecule has 1 N–H and O–H groups in total. The highest BCUT2D eigenvalue weighted by molar-refractivity contribution is 5.70. The van der Waals surface area contributed by atoms with Crippen molar-refractivity contribution >= 4 is 5.97 Å². The van der Waals surface area contributed by atoms with Crippen molar-refractivity contribution in [3.8, 4) is 5.75 Å². The molecule has 4 nitrogen and oxygen atoms in total. The van der Waals surface area contributed by atoms with Crippen LogP contribution in [0.15, 0.2) is 24.3 Å². The number of carbonyl (C=O) groups is 1. The lowest BCUT2D eigenvalue weighted by molar-refractivity contribution is -0.141. The van der Waals surface area contributed by atoms with Crippen LogP contribution >= 0.6 is 0 Å². The minimum Gasteiger partial charge on any atom is -0.497 e. The molecule has 1 rings (SSSR count). The molecule has 0 amide bonds. The third-order valence-electron chi connectivity index (χ3n) is 2.57. The van der Waals surface area contributed by atoms with Gasteiger partial charge < -0.3 is 14.8 Å². The quantitative estimate of drug-likeness (QED) is 0.768. The minimum absolute atomic E-state index is 0.0154. The van der Waals surface area contributed by atoms with Gasteiger partial charge in [0.2, 0.25) is 0 Å². The van der Waals surface area contributed by atoms with Crippen LogP contribution < -0.4 is 10.1 Å². The Morgan fingerprint density at radius 1 is 1.29 bits per heavy atom. The van der Waals surface area contributed by atoms with Crippen molar-refractivity contribution in [1.82, 2.24) is 5.32 Å². The van der Waals surface area contributed by atoms with Gasteiger partial charge in [-0.3, -0.25) is 4.79 Å². The van der Waals surface area contributed by atoms with Gasteiger partial charge in [0.1, 0.15) is 5.75 Å². The molecule has 0 aliphatic heterocycles. The maximum Gasteiger partial charge on any atom is 0.307 e. The molecule has 1 unspecified atom stereocenters. The van der Waals surface area contributed by atoms with Gasteiger partial charge in [-0.25, -0.2) is 0 Å². The highest BCUT2D eigenvalue weighted by Gasteiger charge is 2.15. The van der Waals surface area contributed by atoms with E-state index < -0.39 is 0 Å². The van der Waals surface area contributed by atoms with E-state index in [4.69, 9.17) is 4.74 Å². The second-order valence-corrected chi connectivity index (χ2v) is 3.66. The Morgan fingerprint density at radius 3 is 2.41 bits per heavy atom. The molecule has 0 aliphatic carbocycles. The summed E-state index contributed by atoms with van der Waals surface area (Å²) < 4.78 is 9.79. The largest absolute Gasteiger partial charge is 0.497 e. The van der Waals surface area contributed by atoms with E-state index in [1.807, 2.05) is 31.2 Å². The van der Waals surface area contributed by atoms with Crippen LogP contribution in [0.1, 0.15) is 24.9 Å². The summed E-state index contributed by atoms with van der Waals surface area (Å²) >= 11 is 0. The zero-order valence-electron chi connectivity index (χ0n) is 10.5. The van der Waals surface area contributed by atoms with Gasteiger partial charge in [-0.05, 0) is 24.2 Å². The van der Waals surface area contributed by atoms with Crippen molar-refractivity contribution in [3.05, 3.63) is 29.8 Å². The summed E-state index contributed by atoms with van der Waals surface area (Å²) in [6, 6.07) is 7.66. The number of esters is 1. The zero-order chi connectivity index (χ0) is 12.7. The topological polar surface area (TPSA) is 47.6 Å². The molecule has 94 valence electrons. The number of hydrogen-bond acceptors (Lipinski definition) is 4. The fourth-order valence-corrected chi connectivity index (χ4v) is 1.64. The van der Waals surface area contributed by atoms with Crippen molar-refractivity contribution in [2.24, 2.45) is 0 Å². The van der Waals surface area contributed by atoms with Crippen LogP contribution in [-0.4, -0.2) is 26.7 Å². The van der Waals surface area contributed by atoms with E-state index in [1.165, 1.54) is 7.11 Å². The van der Waals surface area contributed by atoms with Crippen LogP contribution in [0.3, 0.4) is 0 Å². The average Bonchev–Trinajstić information content (AvgIpc) is 2.38. The summed E-state index contributed by atoms with van der Waals surface area (Å²) in [6.07, 6.45) is 0.330. The van der Waals surface area contributed by atoms with Crippen molar-refractivity contribution < 1.29 is 14.3 Å². The maximum atomic E-state index is 11.3. The average molecular weight is 237 g/mol. The molecule has 0 bridgehead atoms. The third kappa shape index (κ3) is 4.07. The SMILES string of the molecule is CCNC(CC(=O)OC)c1ccc(OC)cc1. The van der Waals surface area contributed by atoms with E-state index >= 15 is 0 Å². The second-order valence-electron chi connectivity index (χ2n) is 3.66. The molecule has 0 radical (unpaired) electrons. The van der Waals surface area contributed by atoms with Crippen molar-refractivity contribution in [2.75, 3.05) is 20.8 Å². The number of benzene rings is 1. The maximum absolute atomic E-state index is 11.3. The van der Waals surface area contributed by atoms with Gasteiger partial charge in [-0.1, -0.05) is 19.1 Å². The Bertz CT molecular complexity index is 348. The van der Waals surface area contributed by atoms with Crippen LogP contribution in [0.25, 0.3) is 0 Å². The van der Waals surface area contributed by atoms with Gasteiger partial charge in [0, 0.05) is 6.04 Å². The van der Waals surface area contributed by atoms with Gasteiger partial charge >= 0.3 is 5.97 Å². The van der Waals surface area contributed by atoms with Gasteiger partial charge in [-0.15, -0.1) is 0 Å². The molecule has 1 aromatic carbocycles. The Balaban J connectivity index is 2.77. The monoisotopic (exact) mass is 237 g/mol. The fraction of sp³-hybridized carbons (Fsp3) is 0.462. The molecule has 0 fully saturated rings. The molecule has 0 saturated carbocycles. The van der Waals surface area contributed by atoms with Crippen LogP contribution in [0.4, 0.5) is 0 Å². The lowest BCUT2D eigenvalue weighted by atomic mass is 10.0. The third-order valence-corrected chi connectivity index (χ3v) is 2.57. The molecule has 1 atom stereocenters. The lowest BCUT2D eigenvalue weighted by Gasteiger charge is -2.17. The second kappa shape index (κ2) is 6.91. The summed E-state index contributed by atoms with van der Waals surface area (Å²) in [5.41, 5.74) is 1.05. The molecule has 17 heavy (non-hydrogen) atoms. The number of methoxy groups -OCH3 is 2. The van der Waals surface area contributed by atoms with Crippen LogP contribution in [0.5, 0.6) is 5.75 Å². The van der Waals surface area contributed by atoms with E-state index in [0.717, 1.165) is 17.9 Å². The van der Waals surface area contributed by atoms with E-state index in [9.17, 15) is 4.79 Å². The summed E-state index contributed by atoms with van der Waals surface area (Å²) in [5, 5.41) is 3.26. The fourth-order valence-electron chi connectivity index (χ4n) is 1.64. The first-order valence-electron chi connectivity index (χ1n) is 5.65. The van der Waals surface area contributed by atoms with Gasteiger partial charge in [0.15, 0.2) is 0 Å². The lowest BCUT2D eigenvalue weighted by Crippen LogP contribution is -2.24. The zero-order valence-corrected chi connectivity index (χ0v) is 10.5. The number of carbonyl (C=O) groups excluding carboxylic acids is 1. The molecular formula is C13H19NO3. The van der Waals surface area contributed by atoms with Crippen molar-refractivity contribution in [3.63, 3.8) is 0 Å². The van der Waals surface area contributed by atoms with E-state index in [0.29, 0.717) is 6.42 Å². The van der Waals surface area contributed by atoms with Gasteiger partial charge in [-0.2, -0.15) is 0 Å². The molecule has 0 saturated heterocycles. The first kappa shape index (κ1) is 13.5. The molecule has 0 heterocycles. The summed E-state index contributed by atoms with van der Waals surface area (Å²) in [4.78, 5) is 11.3. The Hall–Kier alpha value is -1.55. The van der Waals surface area contributed by atoms with Crippen LogP contribution in [0.2, 0.25) is 0 Å². The highest BCUT2D eigenvalue weighted by Crippen LogP contribution is 2.20.